The van der Waals surface area contributed by atoms with Crippen LogP contribution in [0.15, 0.2) is 17.7 Å². The first-order valence-corrected chi connectivity index (χ1v) is 9.10. The third kappa shape index (κ3) is 3.55. The van der Waals surface area contributed by atoms with Crippen LogP contribution in [0.25, 0.3) is 0 Å². The van der Waals surface area contributed by atoms with Gasteiger partial charge in [0.15, 0.2) is 0 Å². The molecule has 0 aromatic heterocycles. The molecule has 1 aliphatic heterocycles. The van der Waals surface area contributed by atoms with Crippen LogP contribution in [0.5, 0.6) is 11.5 Å². The van der Waals surface area contributed by atoms with E-state index in [2.05, 4.69) is 25.2 Å². The molecule has 1 aromatic rings. The summed E-state index contributed by atoms with van der Waals surface area (Å²) in [5.74, 6) is 0.753. The molecule has 2 aliphatic rings. The Labute approximate surface area is 139 Å². The van der Waals surface area contributed by atoms with Crippen LogP contribution >= 0.6 is 0 Å². The lowest BCUT2D eigenvalue weighted by atomic mass is 9.82. The van der Waals surface area contributed by atoms with E-state index in [4.69, 9.17) is 0 Å². The lowest BCUT2D eigenvalue weighted by Gasteiger charge is -2.24. The van der Waals surface area contributed by atoms with Crippen molar-refractivity contribution in [1.29, 1.82) is 0 Å². The fourth-order valence-corrected chi connectivity index (χ4v) is 3.87. The SMILES string of the molecule is CCCCCc1cc(O)c(C2C=C(C)CCC2)c(O)c1C1CN1. The van der Waals surface area contributed by atoms with Crippen molar-refractivity contribution in [2.45, 2.75) is 70.8 Å². The van der Waals surface area contributed by atoms with E-state index in [0.29, 0.717) is 5.75 Å². The number of hydrogen-bond acceptors (Lipinski definition) is 3. The van der Waals surface area contributed by atoms with E-state index >= 15 is 0 Å². The van der Waals surface area contributed by atoms with Gasteiger partial charge in [0.1, 0.15) is 11.5 Å². The summed E-state index contributed by atoms with van der Waals surface area (Å²) in [5, 5.41) is 24.8. The molecule has 1 aromatic carbocycles. The van der Waals surface area contributed by atoms with Crippen molar-refractivity contribution in [3.8, 4) is 11.5 Å². The smallest absolute Gasteiger partial charge is 0.128 e. The summed E-state index contributed by atoms with van der Waals surface area (Å²) in [6.45, 7) is 5.26. The lowest BCUT2D eigenvalue weighted by molar-refractivity contribution is 0.422. The number of hydrogen-bond donors (Lipinski definition) is 3. The standard InChI is InChI=1S/C20H29NO2/c1-3-4-5-8-15-11-17(22)19(14-9-6-7-13(2)10-14)20(23)18(15)16-12-21-16/h10-11,14,16,21-23H,3-9,12H2,1-2H3. The summed E-state index contributed by atoms with van der Waals surface area (Å²) in [4.78, 5) is 0. The highest BCUT2D eigenvalue weighted by atomic mass is 16.3. The second-order valence-electron chi connectivity index (χ2n) is 7.16. The zero-order chi connectivity index (χ0) is 16.4. The van der Waals surface area contributed by atoms with Gasteiger partial charge in [-0.15, -0.1) is 0 Å². The minimum Gasteiger partial charge on any atom is -0.507 e. The molecule has 0 saturated carbocycles. The first-order valence-electron chi connectivity index (χ1n) is 9.10. The Morgan fingerprint density at radius 3 is 2.65 bits per heavy atom. The maximum Gasteiger partial charge on any atom is 0.128 e. The van der Waals surface area contributed by atoms with E-state index in [1.54, 1.807) is 0 Å². The van der Waals surface area contributed by atoms with E-state index in [9.17, 15) is 10.2 Å². The topological polar surface area (TPSA) is 62.4 Å². The molecule has 1 saturated heterocycles. The molecule has 126 valence electrons. The summed E-state index contributed by atoms with van der Waals surface area (Å²) < 4.78 is 0. The number of nitrogens with one attached hydrogen (secondary N) is 1. The van der Waals surface area contributed by atoms with E-state index in [1.165, 1.54) is 18.4 Å². The normalized spacial score (nSPS) is 23.7. The minimum atomic E-state index is 0.144. The molecule has 0 radical (unpaired) electrons. The number of allylic oxidation sites excluding steroid dienone is 2. The van der Waals surface area contributed by atoms with Crippen LogP contribution in [0.1, 0.15) is 81.0 Å². The number of rotatable bonds is 6. The van der Waals surface area contributed by atoms with Crippen molar-refractivity contribution in [2.75, 3.05) is 6.54 Å². The molecular weight excluding hydrogens is 286 g/mol. The molecule has 23 heavy (non-hydrogen) atoms. The van der Waals surface area contributed by atoms with Crippen LogP contribution in [0.3, 0.4) is 0 Å². The maximum atomic E-state index is 10.9. The highest BCUT2D eigenvalue weighted by molar-refractivity contribution is 5.58. The number of aromatic hydroxyl groups is 2. The van der Waals surface area contributed by atoms with Crippen LogP contribution < -0.4 is 5.32 Å². The highest BCUT2D eigenvalue weighted by Crippen LogP contribution is 2.46. The number of aryl methyl sites for hydroxylation is 1. The highest BCUT2D eigenvalue weighted by Gasteiger charge is 2.32. The zero-order valence-electron chi connectivity index (χ0n) is 14.4. The van der Waals surface area contributed by atoms with Gasteiger partial charge in [-0.05, 0) is 50.7 Å². The molecule has 0 spiro atoms. The molecular formula is C20H29NO2. The summed E-state index contributed by atoms with van der Waals surface area (Å²) in [7, 11) is 0. The van der Waals surface area contributed by atoms with Crippen LogP contribution in [-0.2, 0) is 6.42 Å². The van der Waals surface area contributed by atoms with E-state index in [0.717, 1.165) is 55.3 Å². The molecule has 0 amide bonds. The molecule has 3 heteroatoms. The summed E-state index contributed by atoms with van der Waals surface area (Å²) >= 11 is 0. The van der Waals surface area contributed by atoms with Crippen LogP contribution in [0.2, 0.25) is 0 Å². The van der Waals surface area contributed by atoms with Crippen molar-refractivity contribution in [1.82, 2.24) is 5.32 Å². The van der Waals surface area contributed by atoms with Gasteiger partial charge in [-0.25, -0.2) is 0 Å². The van der Waals surface area contributed by atoms with Crippen molar-refractivity contribution >= 4 is 0 Å². The van der Waals surface area contributed by atoms with Gasteiger partial charge in [-0.3, -0.25) is 0 Å². The molecule has 3 N–H and O–H groups in total. The molecule has 1 aliphatic carbocycles. The Morgan fingerprint density at radius 1 is 1.22 bits per heavy atom. The Morgan fingerprint density at radius 2 is 2.00 bits per heavy atom. The van der Waals surface area contributed by atoms with Gasteiger partial charge in [0, 0.05) is 29.6 Å². The third-order valence-electron chi connectivity index (χ3n) is 5.19. The van der Waals surface area contributed by atoms with Crippen LogP contribution in [0, 0.1) is 0 Å². The van der Waals surface area contributed by atoms with Gasteiger partial charge < -0.3 is 15.5 Å². The molecule has 1 fully saturated rings. The second-order valence-corrected chi connectivity index (χ2v) is 7.16. The molecule has 0 bridgehead atoms. The van der Waals surface area contributed by atoms with Gasteiger partial charge in [-0.2, -0.15) is 0 Å². The maximum absolute atomic E-state index is 10.9. The predicted octanol–water partition coefficient (Wildman–Crippen LogP) is 4.69. The third-order valence-corrected chi connectivity index (χ3v) is 5.19. The Balaban J connectivity index is 1.97. The van der Waals surface area contributed by atoms with Gasteiger partial charge in [0.2, 0.25) is 0 Å². The van der Waals surface area contributed by atoms with Gasteiger partial charge in [0.25, 0.3) is 0 Å². The van der Waals surface area contributed by atoms with E-state index in [1.807, 2.05) is 6.07 Å². The van der Waals surface area contributed by atoms with E-state index in [-0.39, 0.29) is 17.7 Å². The lowest BCUT2D eigenvalue weighted by Crippen LogP contribution is -2.06. The van der Waals surface area contributed by atoms with Crippen LogP contribution in [-0.4, -0.2) is 16.8 Å². The Hall–Kier alpha value is -1.48. The van der Waals surface area contributed by atoms with E-state index < -0.39 is 0 Å². The Kier molecular flexibility index (Phi) is 4.96. The number of phenolic OH excluding ortho intramolecular Hbond substituents is 2. The predicted molar refractivity (Wildman–Crippen MR) is 94.1 cm³/mol. The molecule has 3 nitrogen and oxygen atoms in total. The summed E-state index contributed by atoms with van der Waals surface area (Å²) in [6.07, 6.45) is 9.89. The Bertz CT molecular complexity index is 602. The molecule has 1 heterocycles. The molecule has 2 unspecified atom stereocenters. The largest absolute Gasteiger partial charge is 0.507 e. The van der Waals surface area contributed by atoms with Crippen LogP contribution in [0.4, 0.5) is 0 Å². The van der Waals surface area contributed by atoms with Gasteiger partial charge >= 0.3 is 0 Å². The second kappa shape index (κ2) is 6.96. The zero-order valence-corrected chi connectivity index (χ0v) is 14.4. The summed E-state index contributed by atoms with van der Waals surface area (Å²) in [5.41, 5.74) is 4.25. The number of benzene rings is 1. The molecule has 2 atom stereocenters. The quantitative estimate of drug-likeness (QED) is 0.405. The monoisotopic (exact) mass is 315 g/mol. The fraction of sp³-hybridized carbons (Fsp3) is 0.600. The fourth-order valence-electron chi connectivity index (χ4n) is 3.87. The number of unbranched alkanes of at least 4 members (excludes halogenated alkanes) is 2. The first-order chi connectivity index (χ1) is 11.1. The first kappa shape index (κ1) is 16.4. The average molecular weight is 315 g/mol. The van der Waals surface area contributed by atoms with Gasteiger partial charge in [0.05, 0.1) is 0 Å². The average Bonchev–Trinajstić information content (AvgIpc) is 3.32. The summed E-state index contributed by atoms with van der Waals surface area (Å²) in [6, 6.07) is 2.18. The molecule has 3 rings (SSSR count). The van der Waals surface area contributed by atoms with Crippen molar-refractivity contribution < 1.29 is 10.2 Å². The van der Waals surface area contributed by atoms with Crippen molar-refractivity contribution in [3.63, 3.8) is 0 Å². The van der Waals surface area contributed by atoms with Crippen molar-refractivity contribution in [3.05, 3.63) is 34.4 Å². The van der Waals surface area contributed by atoms with Gasteiger partial charge in [-0.1, -0.05) is 31.4 Å². The minimum absolute atomic E-state index is 0.144. The number of phenols is 2. The van der Waals surface area contributed by atoms with Crippen molar-refractivity contribution in [2.24, 2.45) is 0 Å².